The Kier molecular flexibility index (Phi) is 5.32. The van der Waals surface area contributed by atoms with Crippen LogP contribution >= 0.6 is 0 Å². The summed E-state index contributed by atoms with van der Waals surface area (Å²) in [5.74, 6) is -1.47. The summed E-state index contributed by atoms with van der Waals surface area (Å²) in [4.78, 5) is 12.5. The zero-order valence-corrected chi connectivity index (χ0v) is 11.5. The van der Waals surface area contributed by atoms with Gasteiger partial charge in [0.15, 0.2) is 11.6 Å². The molecule has 2 N–H and O–H groups in total. The van der Waals surface area contributed by atoms with E-state index in [0.717, 1.165) is 38.1 Å². The lowest BCUT2D eigenvalue weighted by molar-refractivity contribution is 0.100. The van der Waals surface area contributed by atoms with Crippen LogP contribution in [0.25, 0.3) is 0 Å². The number of rotatable bonds is 5. The molecule has 0 bridgehead atoms. The predicted molar refractivity (Wildman–Crippen MR) is 72.5 cm³/mol. The molecule has 1 amide bonds. The van der Waals surface area contributed by atoms with Crippen molar-refractivity contribution in [3.8, 4) is 5.75 Å². The van der Waals surface area contributed by atoms with E-state index in [2.05, 4.69) is 10.2 Å². The van der Waals surface area contributed by atoms with Crippen molar-refractivity contribution in [1.29, 1.82) is 0 Å². The van der Waals surface area contributed by atoms with Crippen LogP contribution in [0.3, 0.4) is 0 Å². The van der Waals surface area contributed by atoms with E-state index in [4.69, 9.17) is 9.84 Å². The summed E-state index contributed by atoms with van der Waals surface area (Å²) in [5.41, 5.74) is 0. The third-order valence-corrected chi connectivity index (χ3v) is 3.43. The van der Waals surface area contributed by atoms with Crippen LogP contribution in [0.15, 0.2) is 18.2 Å². The fourth-order valence-electron chi connectivity index (χ4n) is 2.31. The number of halogens is 2. The van der Waals surface area contributed by atoms with Gasteiger partial charge in [-0.25, -0.2) is 13.6 Å². The molecule has 1 aromatic rings. The summed E-state index contributed by atoms with van der Waals surface area (Å²) in [6.45, 7) is 2.62. The highest BCUT2D eigenvalue weighted by atomic mass is 19.2. The van der Waals surface area contributed by atoms with Crippen LogP contribution in [0.4, 0.5) is 13.6 Å². The number of nitrogens with one attached hydrogen (secondary N) is 1. The van der Waals surface area contributed by atoms with Gasteiger partial charge in [-0.15, -0.1) is 0 Å². The highest BCUT2D eigenvalue weighted by molar-refractivity contribution is 5.64. The summed E-state index contributed by atoms with van der Waals surface area (Å²) in [7, 11) is 0. The van der Waals surface area contributed by atoms with Crippen LogP contribution < -0.4 is 10.1 Å². The molecule has 1 heterocycles. The number of hydrogen-bond acceptors (Lipinski definition) is 3. The molecule has 0 spiro atoms. The topological polar surface area (TPSA) is 61.8 Å². The van der Waals surface area contributed by atoms with Gasteiger partial charge < -0.3 is 20.1 Å². The van der Waals surface area contributed by atoms with Crippen molar-refractivity contribution in [3.63, 3.8) is 0 Å². The predicted octanol–water partition coefficient (Wildman–Crippen LogP) is 2.08. The average molecular weight is 300 g/mol. The van der Waals surface area contributed by atoms with Crippen LogP contribution in [0, 0.1) is 11.6 Å². The highest BCUT2D eigenvalue weighted by Gasteiger charge is 2.20. The van der Waals surface area contributed by atoms with Gasteiger partial charge in [-0.2, -0.15) is 0 Å². The van der Waals surface area contributed by atoms with Crippen LogP contribution in [-0.4, -0.2) is 48.4 Å². The first-order valence-corrected chi connectivity index (χ1v) is 6.85. The first-order chi connectivity index (χ1) is 10.0. The molecule has 5 nitrogen and oxygen atoms in total. The Hall–Kier alpha value is -1.89. The largest absolute Gasteiger partial charge is 0.490 e. The highest BCUT2D eigenvalue weighted by Crippen LogP contribution is 2.21. The van der Waals surface area contributed by atoms with Gasteiger partial charge in [-0.3, -0.25) is 0 Å². The van der Waals surface area contributed by atoms with Gasteiger partial charge in [0.05, 0.1) is 0 Å². The smallest absolute Gasteiger partial charge is 0.404 e. The molecule has 2 rings (SSSR count). The van der Waals surface area contributed by atoms with E-state index in [9.17, 15) is 13.6 Å². The molecule has 0 radical (unpaired) electrons. The van der Waals surface area contributed by atoms with E-state index >= 15 is 0 Å². The second kappa shape index (κ2) is 7.21. The molecule has 1 saturated heterocycles. The second-order valence-corrected chi connectivity index (χ2v) is 4.97. The van der Waals surface area contributed by atoms with E-state index in [1.54, 1.807) is 0 Å². The Morgan fingerprint density at radius 2 is 2.05 bits per heavy atom. The Morgan fingerprint density at radius 3 is 2.67 bits per heavy atom. The summed E-state index contributed by atoms with van der Waals surface area (Å²) < 4.78 is 31.5. The summed E-state index contributed by atoms with van der Waals surface area (Å²) >= 11 is 0. The van der Waals surface area contributed by atoms with Gasteiger partial charge in [0.25, 0.3) is 0 Å². The van der Waals surface area contributed by atoms with Crippen LogP contribution in [-0.2, 0) is 0 Å². The molecule has 1 fully saturated rings. The van der Waals surface area contributed by atoms with Gasteiger partial charge in [0.2, 0.25) is 0 Å². The molecule has 21 heavy (non-hydrogen) atoms. The van der Waals surface area contributed by atoms with Gasteiger partial charge in [-0.05, 0) is 25.0 Å². The van der Waals surface area contributed by atoms with E-state index < -0.39 is 17.7 Å². The Morgan fingerprint density at radius 1 is 1.33 bits per heavy atom. The van der Waals surface area contributed by atoms with Crippen molar-refractivity contribution in [2.75, 3.05) is 26.2 Å². The molecule has 1 aliphatic rings. The quantitative estimate of drug-likeness (QED) is 0.874. The molecule has 0 unspecified atom stereocenters. The van der Waals surface area contributed by atoms with Crippen molar-refractivity contribution < 1.29 is 23.4 Å². The lowest BCUT2D eigenvalue weighted by atomic mass is 10.1. The zero-order valence-electron chi connectivity index (χ0n) is 11.5. The molecule has 1 aromatic carbocycles. The Bertz CT molecular complexity index is 491. The minimum Gasteiger partial charge on any atom is -0.490 e. The normalized spacial score (nSPS) is 16.7. The minimum absolute atomic E-state index is 0.0291. The third kappa shape index (κ3) is 4.86. The number of hydrogen-bond donors (Lipinski definition) is 2. The van der Waals surface area contributed by atoms with Crippen molar-refractivity contribution in [1.82, 2.24) is 10.2 Å². The molecule has 1 aliphatic heterocycles. The van der Waals surface area contributed by atoms with Gasteiger partial charge in [0, 0.05) is 32.2 Å². The molecule has 0 aliphatic carbocycles. The zero-order chi connectivity index (χ0) is 15.2. The monoisotopic (exact) mass is 300 g/mol. The first-order valence-electron chi connectivity index (χ1n) is 6.85. The van der Waals surface area contributed by atoms with E-state index in [1.165, 1.54) is 6.07 Å². The first kappa shape index (κ1) is 15.5. The lowest BCUT2D eigenvalue weighted by Crippen LogP contribution is -2.42. The minimum atomic E-state index is -1.02. The number of piperidine rings is 1. The van der Waals surface area contributed by atoms with Gasteiger partial charge in [-0.1, -0.05) is 0 Å². The van der Waals surface area contributed by atoms with Crippen molar-refractivity contribution in [2.24, 2.45) is 0 Å². The molecule has 0 saturated carbocycles. The number of likely N-dealkylation sites (tertiary alicyclic amines) is 1. The van der Waals surface area contributed by atoms with Crippen LogP contribution in [0.1, 0.15) is 12.8 Å². The Labute approximate surface area is 121 Å². The number of ether oxygens (including phenoxy) is 1. The van der Waals surface area contributed by atoms with Crippen LogP contribution in [0.5, 0.6) is 5.75 Å². The molecule has 116 valence electrons. The lowest BCUT2D eigenvalue weighted by Gasteiger charge is -2.32. The molecular formula is C14H18F2N2O3. The number of benzene rings is 1. The molecule has 0 atom stereocenters. The summed E-state index contributed by atoms with van der Waals surface area (Å²) in [5, 5.41) is 10.8. The van der Waals surface area contributed by atoms with E-state index in [0.29, 0.717) is 18.8 Å². The summed E-state index contributed by atoms with van der Waals surface area (Å²) in [6, 6.07) is 3.53. The van der Waals surface area contributed by atoms with Crippen LogP contribution in [0.2, 0.25) is 0 Å². The molecule has 7 heteroatoms. The van der Waals surface area contributed by atoms with Crippen molar-refractivity contribution in [3.05, 3.63) is 29.8 Å². The van der Waals surface area contributed by atoms with E-state index in [1.807, 2.05) is 0 Å². The number of carbonyl (C=O) groups is 1. The van der Waals surface area contributed by atoms with Gasteiger partial charge in [0.1, 0.15) is 11.9 Å². The third-order valence-electron chi connectivity index (χ3n) is 3.43. The summed E-state index contributed by atoms with van der Waals surface area (Å²) in [6.07, 6.45) is 0.489. The van der Waals surface area contributed by atoms with Crippen molar-refractivity contribution in [2.45, 2.75) is 18.9 Å². The van der Waals surface area contributed by atoms with Gasteiger partial charge >= 0.3 is 6.09 Å². The number of amides is 1. The molecular weight excluding hydrogens is 282 g/mol. The maximum absolute atomic E-state index is 13.1. The average Bonchev–Trinajstić information content (AvgIpc) is 2.44. The van der Waals surface area contributed by atoms with E-state index in [-0.39, 0.29) is 6.10 Å². The molecule has 0 aromatic heterocycles. The SMILES string of the molecule is O=C(O)NCCN1CCC(Oc2ccc(F)c(F)c2)CC1. The Balaban J connectivity index is 1.73. The fraction of sp³-hybridized carbons (Fsp3) is 0.500. The second-order valence-electron chi connectivity index (χ2n) is 4.97. The number of nitrogens with zero attached hydrogens (tertiary/aromatic N) is 1. The van der Waals surface area contributed by atoms with Crippen molar-refractivity contribution >= 4 is 6.09 Å². The maximum Gasteiger partial charge on any atom is 0.404 e. The maximum atomic E-state index is 13.1. The fourth-order valence-corrected chi connectivity index (χ4v) is 2.31. The standard InChI is InChI=1S/C14H18F2N2O3/c15-12-2-1-11(9-13(12)16)21-10-3-6-18(7-4-10)8-5-17-14(19)20/h1-2,9-10,17H,3-8H2,(H,19,20). The number of carboxylic acid groups (broad SMARTS) is 1.